The molecular formula is C16H13BrN2O2S2. The maximum absolute atomic E-state index is 12.0. The van der Waals surface area contributed by atoms with Crippen LogP contribution in [-0.2, 0) is 4.79 Å². The number of hydrogen-bond donors (Lipinski definition) is 1. The third-order valence-electron chi connectivity index (χ3n) is 3.01. The van der Waals surface area contributed by atoms with Crippen LogP contribution in [0.4, 0.5) is 5.69 Å². The van der Waals surface area contributed by atoms with Crippen molar-refractivity contribution in [2.45, 2.75) is 4.34 Å². The standard InChI is InChI=1S/C16H13BrN2O2S2/c1-22-16-19-13-7-4-11(8-14(13)23-16)18-15(20)9-21-12-5-2-10(17)3-6-12/h2-8H,9H2,1H3,(H,18,20). The van der Waals surface area contributed by atoms with Crippen LogP contribution in [0, 0.1) is 0 Å². The number of amides is 1. The molecule has 2 aromatic carbocycles. The molecule has 0 saturated heterocycles. The zero-order valence-electron chi connectivity index (χ0n) is 12.2. The van der Waals surface area contributed by atoms with Gasteiger partial charge in [0, 0.05) is 10.2 Å². The van der Waals surface area contributed by atoms with Crippen molar-refractivity contribution in [3.8, 4) is 5.75 Å². The molecule has 0 saturated carbocycles. The molecule has 0 unspecified atom stereocenters. The SMILES string of the molecule is CSc1nc2ccc(NC(=O)COc3ccc(Br)cc3)cc2s1. The molecule has 3 aromatic rings. The summed E-state index contributed by atoms with van der Waals surface area (Å²) in [5.74, 6) is 0.466. The Labute approximate surface area is 150 Å². The molecule has 1 aromatic heterocycles. The number of nitrogens with one attached hydrogen (secondary N) is 1. The third-order valence-corrected chi connectivity index (χ3v) is 5.54. The number of ether oxygens (including phenoxy) is 1. The average molecular weight is 409 g/mol. The van der Waals surface area contributed by atoms with Crippen LogP contribution >= 0.6 is 39.0 Å². The second kappa shape index (κ2) is 7.33. The van der Waals surface area contributed by atoms with Gasteiger partial charge in [-0.05, 0) is 48.7 Å². The molecule has 0 spiro atoms. The van der Waals surface area contributed by atoms with Crippen molar-refractivity contribution in [2.24, 2.45) is 0 Å². The van der Waals surface area contributed by atoms with Gasteiger partial charge in [0.15, 0.2) is 10.9 Å². The van der Waals surface area contributed by atoms with Gasteiger partial charge in [-0.25, -0.2) is 4.98 Å². The fraction of sp³-hybridized carbons (Fsp3) is 0.125. The van der Waals surface area contributed by atoms with E-state index in [9.17, 15) is 4.79 Å². The predicted octanol–water partition coefficient (Wildman–Crippen LogP) is 4.80. The van der Waals surface area contributed by atoms with Gasteiger partial charge in [0.25, 0.3) is 5.91 Å². The van der Waals surface area contributed by atoms with Crippen molar-refractivity contribution in [3.05, 3.63) is 46.9 Å². The maximum atomic E-state index is 12.0. The molecule has 0 aliphatic rings. The zero-order chi connectivity index (χ0) is 16.2. The second-order valence-electron chi connectivity index (χ2n) is 4.66. The van der Waals surface area contributed by atoms with Crippen LogP contribution in [0.5, 0.6) is 5.75 Å². The largest absolute Gasteiger partial charge is 0.484 e. The van der Waals surface area contributed by atoms with Crippen LogP contribution in [-0.4, -0.2) is 23.8 Å². The summed E-state index contributed by atoms with van der Waals surface area (Å²) in [7, 11) is 0. The highest BCUT2D eigenvalue weighted by atomic mass is 79.9. The predicted molar refractivity (Wildman–Crippen MR) is 99.7 cm³/mol. The Morgan fingerprint density at radius 1 is 1.30 bits per heavy atom. The number of carbonyl (C=O) groups is 1. The summed E-state index contributed by atoms with van der Waals surface area (Å²) in [6.45, 7) is -0.0293. The van der Waals surface area contributed by atoms with E-state index in [1.54, 1.807) is 23.1 Å². The minimum absolute atomic E-state index is 0.0293. The first-order valence-corrected chi connectivity index (χ1v) is 9.60. The van der Waals surface area contributed by atoms with Crippen LogP contribution in [0.15, 0.2) is 51.3 Å². The molecular weight excluding hydrogens is 396 g/mol. The molecule has 1 amide bonds. The van der Waals surface area contributed by atoms with Gasteiger partial charge in [0.2, 0.25) is 0 Å². The number of carbonyl (C=O) groups excluding carboxylic acids is 1. The number of halogens is 1. The molecule has 118 valence electrons. The third kappa shape index (κ3) is 4.25. The van der Waals surface area contributed by atoms with E-state index in [0.29, 0.717) is 5.75 Å². The molecule has 23 heavy (non-hydrogen) atoms. The first kappa shape index (κ1) is 16.3. The van der Waals surface area contributed by atoms with E-state index in [0.717, 1.165) is 24.7 Å². The molecule has 0 aliphatic carbocycles. The number of hydrogen-bond acceptors (Lipinski definition) is 5. The number of fused-ring (bicyclic) bond motifs is 1. The van der Waals surface area contributed by atoms with Gasteiger partial charge in [0.1, 0.15) is 5.75 Å². The first-order valence-electron chi connectivity index (χ1n) is 6.77. The summed E-state index contributed by atoms with van der Waals surface area (Å²) in [5.41, 5.74) is 1.70. The van der Waals surface area contributed by atoms with E-state index in [1.165, 1.54) is 0 Å². The highest BCUT2D eigenvalue weighted by Crippen LogP contribution is 2.29. The summed E-state index contributed by atoms with van der Waals surface area (Å²) >= 11 is 6.59. The van der Waals surface area contributed by atoms with E-state index in [1.807, 2.05) is 48.7 Å². The van der Waals surface area contributed by atoms with Gasteiger partial charge in [-0.15, -0.1) is 11.3 Å². The highest BCUT2D eigenvalue weighted by molar-refractivity contribution is 9.10. The van der Waals surface area contributed by atoms with Gasteiger partial charge in [0.05, 0.1) is 10.2 Å². The number of benzene rings is 2. The topological polar surface area (TPSA) is 51.2 Å². The van der Waals surface area contributed by atoms with Gasteiger partial charge in [-0.1, -0.05) is 27.7 Å². The zero-order valence-corrected chi connectivity index (χ0v) is 15.4. The van der Waals surface area contributed by atoms with Gasteiger partial charge < -0.3 is 10.1 Å². The number of thioether (sulfide) groups is 1. The Hall–Kier alpha value is -1.57. The smallest absolute Gasteiger partial charge is 0.262 e. The van der Waals surface area contributed by atoms with Gasteiger partial charge >= 0.3 is 0 Å². The lowest BCUT2D eigenvalue weighted by Crippen LogP contribution is -2.20. The lowest BCUT2D eigenvalue weighted by atomic mass is 10.3. The van der Waals surface area contributed by atoms with Crippen molar-refractivity contribution < 1.29 is 9.53 Å². The Bertz CT molecular complexity index is 834. The number of nitrogens with zero attached hydrogens (tertiary/aromatic N) is 1. The molecule has 3 rings (SSSR count). The Kier molecular flexibility index (Phi) is 5.20. The summed E-state index contributed by atoms with van der Waals surface area (Å²) in [4.78, 5) is 16.5. The summed E-state index contributed by atoms with van der Waals surface area (Å²) in [5, 5.41) is 2.84. The van der Waals surface area contributed by atoms with Crippen molar-refractivity contribution in [2.75, 3.05) is 18.2 Å². The maximum Gasteiger partial charge on any atom is 0.262 e. The molecule has 7 heteroatoms. The normalized spacial score (nSPS) is 10.7. The van der Waals surface area contributed by atoms with Crippen molar-refractivity contribution in [3.63, 3.8) is 0 Å². The van der Waals surface area contributed by atoms with E-state index in [4.69, 9.17) is 4.74 Å². The summed E-state index contributed by atoms with van der Waals surface area (Å²) in [6, 6.07) is 13.1. The molecule has 1 heterocycles. The minimum atomic E-state index is -0.193. The average Bonchev–Trinajstić information content (AvgIpc) is 2.97. The molecule has 4 nitrogen and oxygen atoms in total. The van der Waals surface area contributed by atoms with Crippen LogP contribution in [0.25, 0.3) is 10.2 Å². The number of anilines is 1. The van der Waals surface area contributed by atoms with Gasteiger partial charge in [-0.2, -0.15) is 0 Å². The van der Waals surface area contributed by atoms with Crippen LogP contribution < -0.4 is 10.1 Å². The monoisotopic (exact) mass is 408 g/mol. The highest BCUT2D eigenvalue weighted by Gasteiger charge is 2.07. The fourth-order valence-corrected chi connectivity index (χ4v) is 3.74. The van der Waals surface area contributed by atoms with E-state index < -0.39 is 0 Å². The van der Waals surface area contributed by atoms with Gasteiger partial charge in [-0.3, -0.25) is 4.79 Å². The molecule has 0 atom stereocenters. The minimum Gasteiger partial charge on any atom is -0.484 e. The summed E-state index contributed by atoms with van der Waals surface area (Å²) in [6.07, 6.45) is 2.00. The molecule has 1 N–H and O–H groups in total. The lowest BCUT2D eigenvalue weighted by molar-refractivity contribution is -0.118. The second-order valence-corrected chi connectivity index (χ2v) is 7.66. The molecule has 0 fully saturated rings. The van der Waals surface area contributed by atoms with Crippen LogP contribution in [0.3, 0.4) is 0 Å². The van der Waals surface area contributed by atoms with Crippen LogP contribution in [0.1, 0.15) is 0 Å². The molecule has 0 radical (unpaired) electrons. The number of aromatic nitrogens is 1. The Balaban J connectivity index is 1.61. The Morgan fingerprint density at radius 3 is 2.83 bits per heavy atom. The summed E-state index contributed by atoms with van der Waals surface area (Å²) < 4.78 is 8.50. The Morgan fingerprint density at radius 2 is 2.09 bits per heavy atom. The first-order chi connectivity index (χ1) is 11.1. The van der Waals surface area contributed by atoms with E-state index >= 15 is 0 Å². The van der Waals surface area contributed by atoms with Crippen molar-refractivity contribution in [1.29, 1.82) is 0 Å². The van der Waals surface area contributed by atoms with Crippen molar-refractivity contribution in [1.82, 2.24) is 4.98 Å². The fourth-order valence-electron chi connectivity index (χ4n) is 1.95. The number of rotatable bonds is 5. The molecule has 0 bridgehead atoms. The van der Waals surface area contributed by atoms with Crippen LogP contribution in [0.2, 0.25) is 0 Å². The number of thiazole rings is 1. The quantitative estimate of drug-likeness (QED) is 0.616. The van der Waals surface area contributed by atoms with E-state index in [-0.39, 0.29) is 12.5 Å². The molecule has 0 aliphatic heterocycles. The van der Waals surface area contributed by atoms with Crippen molar-refractivity contribution >= 4 is 60.8 Å². The van der Waals surface area contributed by atoms with E-state index in [2.05, 4.69) is 26.2 Å². The lowest BCUT2D eigenvalue weighted by Gasteiger charge is -2.07.